The fraction of sp³-hybridized carbons (Fsp3) is 0.450. The lowest BCUT2D eigenvalue weighted by molar-refractivity contribution is -0.137. The van der Waals surface area contributed by atoms with Crippen molar-refractivity contribution >= 4 is 17.2 Å². The molecule has 3 nitrogen and oxygen atoms in total. The van der Waals surface area contributed by atoms with Crippen molar-refractivity contribution in [3.8, 4) is 0 Å². The quantitative estimate of drug-likeness (QED) is 0.824. The molecule has 1 atom stereocenters. The summed E-state index contributed by atoms with van der Waals surface area (Å²) in [5.41, 5.74) is 1.08. The highest BCUT2D eigenvalue weighted by atomic mass is 32.1. The smallest absolute Gasteiger partial charge is 0.244 e. The minimum absolute atomic E-state index is 0.181. The van der Waals surface area contributed by atoms with Gasteiger partial charge >= 0.3 is 0 Å². The van der Waals surface area contributed by atoms with Crippen molar-refractivity contribution in [2.45, 2.75) is 25.3 Å². The van der Waals surface area contributed by atoms with Gasteiger partial charge in [-0.2, -0.15) is 0 Å². The van der Waals surface area contributed by atoms with Gasteiger partial charge in [-0.3, -0.25) is 9.69 Å². The van der Waals surface area contributed by atoms with Crippen LogP contribution in [0.2, 0.25) is 0 Å². The van der Waals surface area contributed by atoms with E-state index in [2.05, 4.69) is 22.4 Å². The van der Waals surface area contributed by atoms with E-state index in [-0.39, 0.29) is 11.9 Å². The van der Waals surface area contributed by atoms with E-state index in [9.17, 15) is 4.79 Å². The summed E-state index contributed by atoms with van der Waals surface area (Å²) >= 11 is 1.84. The van der Waals surface area contributed by atoms with E-state index in [1.54, 1.807) is 0 Å². The lowest BCUT2D eigenvalue weighted by Gasteiger charge is -2.36. The summed E-state index contributed by atoms with van der Waals surface area (Å²) in [7, 11) is 3.97. The zero-order valence-electron chi connectivity index (χ0n) is 14.5. The molecule has 1 aliphatic heterocycles. The summed E-state index contributed by atoms with van der Waals surface area (Å²) in [5.74, 6) is 0.947. The zero-order chi connectivity index (χ0) is 16.9. The fourth-order valence-electron chi connectivity index (χ4n) is 3.54. The first-order valence-corrected chi connectivity index (χ1v) is 9.55. The Labute approximate surface area is 148 Å². The van der Waals surface area contributed by atoms with Crippen LogP contribution in [0.1, 0.15) is 29.3 Å². The number of carbonyl (C=O) groups excluding carboxylic acids is 1. The van der Waals surface area contributed by atoms with Crippen molar-refractivity contribution in [2.75, 3.05) is 27.2 Å². The molecule has 1 amide bonds. The Balaban J connectivity index is 1.61. The molecular weight excluding hydrogens is 316 g/mol. The van der Waals surface area contributed by atoms with Crippen LogP contribution in [0.5, 0.6) is 0 Å². The number of piperidine rings is 1. The first-order chi connectivity index (χ1) is 11.6. The number of likely N-dealkylation sites (tertiary alicyclic amines) is 1. The Hall–Kier alpha value is -1.65. The summed E-state index contributed by atoms with van der Waals surface area (Å²) in [6, 6.07) is 14.3. The Morgan fingerprint density at radius 3 is 2.46 bits per heavy atom. The van der Waals surface area contributed by atoms with E-state index in [0.29, 0.717) is 5.92 Å². The maximum absolute atomic E-state index is 13.1. The number of nitrogens with zero attached hydrogens (tertiary/aromatic N) is 2. The minimum atomic E-state index is -0.181. The Kier molecular flexibility index (Phi) is 5.69. The Morgan fingerprint density at radius 1 is 1.17 bits per heavy atom. The first-order valence-electron chi connectivity index (χ1n) is 8.67. The van der Waals surface area contributed by atoms with Gasteiger partial charge in [-0.1, -0.05) is 36.4 Å². The maximum Gasteiger partial charge on any atom is 0.244 e. The monoisotopic (exact) mass is 342 g/mol. The van der Waals surface area contributed by atoms with Crippen LogP contribution in [0, 0.1) is 5.92 Å². The van der Waals surface area contributed by atoms with Gasteiger partial charge < -0.3 is 4.90 Å². The average Bonchev–Trinajstić information content (AvgIpc) is 3.09. The van der Waals surface area contributed by atoms with Gasteiger partial charge in [0.25, 0.3) is 0 Å². The predicted octanol–water partition coefficient (Wildman–Crippen LogP) is 3.83. The maximum atomic E-state index is 13.1. The van der Waals surface area contributed by atoms with E-state index < -0.39 is 0 Å². The van der Waals surface area contributed by atoms with Gasteiger partial charge in [0, 0.05) is 18.0 Å². The summed E-state index contributed by atoms with van der Waals surface area (Å²) in [6.45, 7) is 1.76. The van der Waals surface area contributed by atoms with Gasteiger partial charge in [0.05, 0.1) is 0 Å². The van der Waals surface area contributed by atoms with E-state index >= 15 is 0 Å². The van der Waals surface area contributed by atoms with Crippen molar-refractivity contribution in [2.24, 2.45) is 5.92 Å². The van der Waals surface area contributed by atoms with E-state index in [1.165, 1.54) is 4.88 Å². The molecule has 0 N–H and O–H groups in total. The Morgan fingerprint density at radius 2 is 1.88 bits per heavy atom. The van der Waals surface area contributed by atoms with Crippen LogP contribution in [-0.2, 0) is 11.2 Å². The number of carbonyl (C=O) groups is 1. The summed E-state index contributed by atoms with van der Waals surface area (Å²) < 4.78 is 0. The molecule has 0 spiro atoms. The molecule has 2 heterocycles. The number of benzene rings is 1. The lowest BCUT2D eigenvalue weighted by atomic mass is 9.92. The van der Waals surface area contributed by atoms with Crippen LogP contribution in [0.25, 0.3) is 0 Å². The third-order valence-electron chi connectivity index (χ3n) is 4.86. The highest BCUT2D eigenvalue weighted by Gasteiger charge is 2.30. The van der Waals surface area contributed by atoms with E-state index in [4.69, 9.17) is 0 Å². The largest absolute Gasteiger partial charge is 0.341 e. The highest BCUT2D eigenvalue weighted by molar-refractivity contribution is 7.09. The van der Waals surface area contributed by atoms with Crippen molar-refractivity contribution < 1.29 is 4.79 Å². The van der Waals surface area contributed by atoms with Crippen molar-refractivity contribution in [3.63, 3.8) is 0 Å². The Bertz CT molecular complexity index is 631. The molecular formula is C20H26N2OS. The molecule has 3 rings (SSSR count). The van der Waals surface area contributed by atoms with Crippen molar-refractivity contribution in [3.05, 3.63) is 58.3 Å². The minimum Gasteiger partial charge on any atom is -0.341 e. The number of hydrogen-bond donors (Lipinski definition) is 0. The second kappa shape index (κ2) is 7.95. The molecule has 0 bridgehead atoms. The molecule has 1 aliphatic rings. The van der Waals surface area contributed by atoms with Crippen LogP contribution in [0.4, 0.5) is 0 Å². The van der Waals surface area contributed by atoms with E-state index in [1.807, 2.05) is 60.7 Å². The topological polar surface area (TPSA) is 23.6 Å². The third-order valence-corrected chi connectivity index (χ3v) is 5.76. The van der Waals surface area contributed by atoms with Crippen LogP contribution < -0.4 is 0 Å². The normalized spacial score (nSPS) is 17.2. The lowest BCUT2D eigenvalue weighted by Crippen LogP contribution is -2.44. The molecule has 1 saturated heterocycles. The average molecular weight is 343 g/mol. The molecule has 0 radical (unpaired) electrons. The van der Waals surface area contributed by atoms with Crippen LogP contribution in [-0.4, -0.2) is 42.9 Å². The number of thiophene rings is 1. The van der Waals surface area contributed by atoms with Crippen molar-refractivity contribution in [1.29, 1.82) is 0 Å². The van der Waals surface area contributed by atoms with Gasteiger partial charge in [0.1, 0.15) is 6.04 Å². The molecule has 4 heteroatoms. The predicted molar refractivity (Wildman–Crippen MR) is 100 cm³/mol. The van der Waals surface area contributed by atoms with Crippen molar-refractivity contribution in [1.82, 2.24) is 9.80 Å². The van der Waals surface area contributed by atoms with Gasteiger partial charge in [-0.25, -0.2) is 0 Å². The fourth-order valence-corrected chi connectivity index (χ4v) is 4.36. The zero-order valence-corrected chi connectivity index (χ0v) is 15.3. The number of rotatable bonds is 5. The molecule has 1 aromatic heterocycles. The van der Waals surface area contributed by atoms with E-state index in [0.717, 1.165) is 37.9 Å². The molecule has 0 aliphatic carbocycles. The number of amides is 1. The van der Waals surface area contributed by atoms with Gasteiger partial charge in [-0.05, 0) is 56.3 Å². The van der Waals surface area contributed by atoms with Crippen LogP contribution in [0.3, 0.4) is 0 Å². The molecule has 1 fully saturated rings. The first kappa shape index (κ1) is 17.2. The van der Waals surface area contributed by atoms with Crippen LogP contribution >= 0.6 is 11.3 Å². The highest BCUT2D eigenvalue weighted by Crippen LogP contribution is 2.27. The molecule has 0 saturated carbocycles. The molecule has 2 aromatic rings. The number of likely N-dealkylation sites (N-methyl/N-ethyl adjacent to an activating group) is 1. The van der Waals surface area contributed by atoms with Crippen LogP contribution in [0.15, 0.2) is 47.8 Å². The molecule has 128 valence electrons. The SMILES string of the molecule is CN(C)C(C(=O)N1CCC(Cc2cccs2)CC1)c1ccccc1. The molecule has 1 aromatic carbocycles. The summed E-state index contributed by atoms with van der Waals surface area (Å²) in [4.78, 5) is 18.6. The number of hydrogen-bond acceptors (Lipinski definition) is 3. The standard InChI is InChI=1S/C20H26N2OS/c1-21(2)19(17-7-4-3-5-8-17)20(23)22-12-10-16(11-13-22)15-18-9-6-14-24-18/h3-9,14,16,19H,10-13,15H2,1-2H3. The van der Waals surface area contributed by atoms with Gasteiger partial charge in [-0.15, -0.1) is 11.3 Å². The molecule has 1 unspecified atom stereocenters. The second-order valence-corrected chi connectivity index (χ2v) is 7.86. The molecule has 24 heavy (non-hydrogen) atoms. The summed E-state index contributed by atoms with van der Waals surface area (Å²) in [6.07, 6.45) is 3.38. The van der Waals surface area contributed by atoms with Gasteiger partial charge in [0.15, 0.2) is 0 Å². The second-order valence-electron chi connectivity index (χ2n) is 6.83. The summed E-state index contributed by atoms with van der Waals surface area (Å²) in [5, 5.41) is 2.15. The third kappa shape index (κ3) is 4.05. The van der Waals surface area contributed by atoms with Gasteiger partial charge in [0.2, 0.25) is 5.91 Å².